The molecular formula is C30H30N2O3S. The van der Waals surface area contributed by atoms with Gasteiger partial charge in [-0.3, -0.25) is 9.10 Å². The van der Waals surface area contributed by atoms with Crippen LogP contribution in [0.5, 0.6) is 0 Å². The quantitative estimate of drug-likeness (QED) is 0.338. The van der Waals surface area contributed by atoms with E-state index < -0.39 is 22.0 Å². The molecule has 0 heterocycles. The minimum Gasteiger partial charge on any atom is -0.344 e. The third-order valence-electron chi connectivity index (χ3n) is 6.19. The number of hydrogen-bond donors (Lipinski definition) is 1. The number of aryl methyl sites for hydroxylation is 3. The molecule has 4 aromatic rings. The molecule has 4 rings (SSSR count). The van der Waals surface area contributed by atoms with Gasteiger partial charge in [0.2, 0.25) is 5.91 Å². The van der Waals surface area contributed by atoms with Crippen molar-refractivity contribution in [1.82, 2.24) is 5.32 Å². The SMILES string of the molecule is Cc1ccc(C)c(N(CC(=O)NC(c2ccccc2)c2ccccc2C)S(=O)(=O)c2ccccc2)c1. The van der Waals surface area contributed by atoms with E-state index in [-0.39, 0.29) is 11.4 Å². The first kappa shape index (κ1) is 25.2. The van der Waals surface area contributed by atoms with Crippen molar-refractivity contribution in [3.05, 3.63) is 131 Å². The minimum atomic E-state index is -3.99. The van der Waals surface area contributed by atoms with Gasteiger partial charge in [-0.15, -0.1) is 0 Å². The molecule has 0 bridgehead atoms. The van der Waals surface area contributed by atoms with Crippen LogP contribution in [0.1, 0.15) is 33.9 Å². The Labute approximate surface area is 213 Å². The Morgan fingerprint density at radius 2 is 1.39 bits per heavy atom. The van der Waals surface area contributed by atoms with Crippen molar-refractivity contribution in [2.75, 3.05) is 10.8 Å². The smallest absolute Gasteiger partial charge is 0.264 e. The molecule has 6 heteroatoms. The van der Waals surface area contributed by atoms with Crippen LogP contribution in [-0.2, 0) is 14.8 Å². The van der Waals surface area contributed by atoms with Crippen LogP contribution >= 0.6 is 0 Å². The summed E-state index contributed by atoms with van der Waals surface area (Å²) in [5.41, 5.74) is 5.08. The van der Waals surface area contributed by atoms with E-state index in [0.29, 0.717) is 5.69 Å². The molecule has 4 aromatic carbocycles. The maximum absolute atomic E-state index is 13.8. The molecular weight excluding hydrogens is 468 g/mol. The predicted octanol–water partition coefficient (Wildman–Crippen LogP) is 5.71. The zero-order valence-electron chi connectivity index (χ0n) is 20.7. The van der Waals surface area contributed by atoms with E-state index in [9.17, 15) is 13.2 Å². The normalized spacial score (nSPS) is 12.1. The predicted molar refractivity (Wildman–Crippen MR) is 144 cm³/mol. The Kier molecular flexibility index (Phi) is 7.55. The lowest BCUT2D eigenvalue weighted by Gasteiger charge is -2.28. The van der Waals surface area contributed by atoms with Crippen molar-refractivity contribution >= 4 is 21.6 Å². The molecule has 0 saturated carbocycles. The monoisotopic (exact) mass is 498 g/mol. The van der Waals surface area contributed by atoms with E-state index in [0.717, 1.165) is 27.8 Å². The number of rotatable bonds is 8. The molecule has 0 spiro atoms. The van der Waals surface area contributed by atoms with Gasteiger partial charge in [-0.1, -0.05) is 84.9 Å². The molecule has 0 aliphatic rings. The van der Waals surface area contributed by atoms with Crippen LogP contribution in [0.25, 0.3) is 0 Å². The maximum Gasteiger partial charge on any atom is 0.264 e. The summed E-state index contributed by atoms with van der Waals surface area (Å²) in [5.74, 6) is -0.396. The summed E-state index contributed by atoms with van der Waals surface area (Å²) < 4.78 is 28.7. The van der Waals surface area contributed by atoms with Crippen molar-refractivity contribution in [2.24, 2.45) is 0 Å². The third-order valence-corrected chi connectivity index (χ3v) is 7.96. The summed E-state index contributed by atoms with van der Waals surface area (Å²) in [5, 5.41) is 3.10. The van der Waals surface area contributed by atoms with Crippen LogP contribution in [-0.4, -0.2) is 20.9 Å². The van der Waals surface area contributed by atoms with Crippen molar-refractivity contribution in [3.63, 3.8) is 0 Å². The summed E-state index contributed by atoms with van der Waals surface area (Å²) in [6.45, 7) is 5.40. The Balaban J connectivity index is 1.73. The molecule has 1 unspecified atom stereocenters. The average molecular weight is 499 g/mol. The summed E-state index contributed by atoms with van der Waals surface area (Å²) >= 11 is 0. The van der Waals surface area contributed by atoms with Gasteiger partial charge < -0.3 is 5.32 Å². The van der Waals surface area contributed by atoms with Crippen LogP contribution in [0, 0.1) is 20.8 Å². The Hall–Kier alpha value is -3.90. The van der Waals surface area contributed by atoms with E-state index in [2.05, 4.69) is 5.32 Å². The van der Waals surface area contributed by atoms with E-state index in [1.807, 2.05) is 87.5 Å². The number of amides is 1. The lowest BCUT2D eigenvalue weighted by Crippen LogP contribution is -2.42. The van der Waals surface area contributed by atoms with Gasteiger partial charge in [0.25, 0.3) is 10.0 Å². The van der Waals surface area contributed by atoms with Gasteiger partial charge in [-0.25, -0.2) is 8.42 Å². The van der Waals surface area contributed by atoms with Gasteiger partial charge in [0.15, 0.2) is 0 Å². The zero-order valence-corrected chi connectivity index (χ0v) is 21.5. The Morgan fingerprint density at radius 3 is 2.06 bits per heavy atom. The maximum atomic E-state index is 13.8. The van der Waals surface area contributed by atoms with Crippen LogP contribution in [0.3, 0.4) is 0 Å². The second-order valence-electron chi connectivity index (χ2n) is 8.88. The molecule has 5 nitrogen and oxygen atoms in total. The number of carbonyl (C=O) groups is 1. The largest absolute Gasteiger partial charge is 0.344 e. The highest BCUT2D eigenvalue weighted by atomic mass is 32.2. The number of benzene rings is 4. The fourth-order valence-corrected chi connectivity index (χ4v) is 5.74. The highest BCUT2D eigenvalue weighted by Crippen LogP contribution is 2.29. The fraction of sp³-hybridized carbons (Fsp3) is 0.167. The Bertz CT molecular complexity index is 1450. The summed E-state index contributed by atoms with van der Waals surface area (Å²) in [6, 6.07) is 31.0. The zero-order chi connectivity index (χ0) is 25.7. The molecule has 184 valence electrons. The molecule has 0 aliphatic heterocycles. The van der Waals surface area contributed by atoms with Crippen LogP contribution in [0.4, 0.5) is 5.69 Å². The third kappa shape index (κ3) is 5.50. The lowest BCUT2D eigenvalue weighted by atomic mass is 9.95. The first-order valence-electron chi connectivity index (χ1n) is 11.8. The Morgan fingerprint density at radius 1 is 0.778 bits per heavy atom. The minimum absolute atomic E-state index is 0.136. The number of sulfonamides is 1. The summed E-state index contributed by atoms with van der Waals surface area (Å²) in [7, 11) is -3.99. The molecule has 36 heavy (non-hydrogen) atoms. The number of hydrogen-bond acceptors (Lipinski definition) is 3. The highest BCUT2D eigenvalue weighted by molar-refractivity contribution is 7.92. The van der Waals surface area contributed by atoms with Gasteiger partial charge in [0, 0.05) is 0 Å². The molecule has 1 amide bonds. The molecule has 0 fully saturated rings. The molecule has 0 aliphatic carbocycles. The number of carbonyl (C=O) groups excluding carboxylic acids is 1. The molecule has 0 radical (unpaired) electrons. The molecule has 1 atom stereocenters. The van der Waals surface area contributed by atoms with Crippen LogP contribution in [0.2, 0.25) is 0 Å². The van der Waals surface area contributed by atoms with Gasteiger partial charge in [0.1, 0.15) is 6.54 Å². The van der Waals surface area contributed by atoms with Gasteiger partial charge in [-0.05, 0) is 66.8 Å². The second-order valence-corrected chi connectivity index (χ2v) is 10.7. The average Bonchev–Trinajstić information content (AvgIpc) is 2.89. The van der Waals surface area contributed by atoms with Crippen LogP contribution < -0.4 is 9.62 Å². The van der Waals surface area contributed by atoms with E-state index >= 15 is 0 Å². The number of anilines is 1. The van der Waals surface area contributed by atoms with Crippen LogP contribution in [0.15, 0.2) is 108 Å². The number of nitrogens with zero attached hydrogens (tertiary/aromatic N) is 1. The number of nitrogens with one attached hydrogen (secondary N) is 1. The van der Waals surface area contributed by atoms with Crippen molar-refractivity contribution < 1.29 is 13.2 Å². The van der Waals surface area contributed by atoms with Crippen molar-refractivity contribution in [2.45, 2.75) is 31.7 Å². The second kappa shape index (κ2) is 10.8. The van der Waals surface area contributed by atoms with Gasteiger partial charge in [-0.2, -0.15) is 0 Å². The van der Waals surface area contributed by atoms with E-state index in [4.69, 9.17) is 0 Å². The topological polar surface area (TPSA) is 66.5 Å². The van der Waals surface area contributed by atoms with Gasteiger partial charge >= 0.3 is 0 Å². The van der Waals surface area contributed by atoms with E-state index in [1.165, 1.54) is 4.31 Å². The molecule has 1 N–H and O–H groups in total. The van der Waals surface area contributed by atoms with Crippen molar-refractivity contribution in [3.8, 4) is 0 Å². The first-order chi connectivity index (χ1) is 17.3. The van der Waals surface area contributed by atoms with Crippen molar-refractivity contribution in [1.29, 1.82) is 0 Å². The fourth-order valence-electron chi connectivity index (χ4n) is 4.24. The lowest BCUT2D eigenvalue weighted by molar-refractivity contribution is -0.120. The first-order valence-corrected chi connectivity index (χ1v) is 13.3. The molecule has 0 saturated heterocycles. The highest BCUT2D eigenvalue weighted by Gasteiger charge is 2.29. The van der Waals surface area contributed by atoms with Gasteiger partial charge in [0.05, 0.1) is 16.6 Å². The molecule has 0 aromatic heterocycles. The summed E-state index contributed by atoms with van der Waals surface area (Å²) in [6.07, 6.45) is 0. The summed E-state index contributed by atoms with van der Waals surface area (Å²) in [4.78, 5) is 13.7. The standard InChI is InChI=1S/C30H30N2O3S/c1-22-18-19-24(3)28(20-22)32(36(34,35)26-15-8-5-9-16-26)21-29(33)31-30(25-13-6-4-7-14-25)27-17-11-10-12-23(27)2/h4-20,30H,21H2,1-3H3,(H,31,33). The van der Waals surface area contributed by atoms with E-state index in [1.54, 1.807) is 36.4 Å².